The summed E-state index contributed by atoms with van der Waals surface area (Å²) >= 11 is 0. The monoisotopic (exact) mass is 434 g/mol. The van der Waals surface area contributed by atoms with Crippen molar-refractivity contribution in [3.8, 4) is 0 Å². The minimum Gasteiger partial charge on any atom is -1.00 e. The fourth-order valence-electron chi connectivity index (χ4n) is 2.26. The zero-order valence-electron chi connectivity index (χ0n) is 17.8. The van der Waals surface area contributed by atoms with Gasteiger partial charge >= 0.3 is 74.3 Å². The molecular formula is C14H30Na2O8P2. The van der Waals surface area contributed by atoms with Crippen molar-refractivity contribution in [1.29, 1.82) is 0 Å². The van der Waals surface area contributed by atoms with Crippen LogP contribution in [0.15, 0.2) is 0 Å². The molecule has 26 heavy (non-hydrogen) atoms. The molecular weight excluding hydrogens is 404 g/mol. The molecule has 8 nitrogen and oxygen atoms in total. The van der Waals surface area contributed by atoms with Gasteiger partial charge in [0, 0.05) is 12.8 Å². The van der Waals surface area contributed by atoms with Crippen molar-refractivity contribution in [1.82, 2.24) is 0 Å². The maximum atomic E-state index is 11.0. The Balaban J connectivity index is -0.000000441. The summed E-state index contributed by atoms with van der Waals surface area (Å²) in [6.07, 6.45) is 8.32. The third kappa shape index (κ3) is 19.0. The molecule has 0 aromatic heterocycles. The van der Waals surface area contributed by atoms with Gasteiger partial charge in [-0.1, -0.05) is 51.4 Å². The minimum atomic E-state index is -4.56. The zero-order valence-corrected chi connectivity index (χ0v) is 21.6. The van der Waals surface area contributed by atoms with E-state index in [-0.39, 0.29) is 74.8 Å². The summed E-state index contributed by atoms with van der Waals surface area (Å²) in [6.45, 7) is 0. The second-order valence-corrected chi connectivity index (χ2v) is 9.08. The van der Waals surface area contributed by atoms with Gasteiger partial charge < -0.3 is 22.4 Å². The fourth-order valence-corrected chi connectivity index (χ4v) is 3.16. The number of rotatable bonds is 15. The molecule has 0 radical (unpaired) electrons. The number of carbonyl (C=O) groups excluding carboxylic acids is 2. The van der Waals surface area contributed by atoms with Crippen LogP contribution in [0.3, 0.4) is 0 Å². The van der Waals surface area contributed by atoms with Crippen LogP contribution in [0.4, 0.5) is 0 Å². The molecule has 0 saturated carbocycles. The first-order valence-corrected chi connectivity index (χ1v) is 11.5. The molecule has 0 heterocycles. The van der Waals surface area contributed by atoms with Gasteiger partial charge in [-0.15, -0.1) is 0 Å². The molecule has 0 amide bonds. The number of hydrogen-bond donors (Lipinski definition) is 4. The first kappa shape index (κ1) is 32.3. The molecule has 0 aliphatic rings. The predicted octanol–water partition coefficient (Wildman–Crippen LogP) is -2.69. The molecule has 0 aliphatic heterocycles. The molecule has 0 unspecified atom stereocenters. The molecule has 0 aromatic rings. The van der Waals surface area contributed by atoms with Crippen LogP contribution in [0.25, 0.3) is 0 Å². The Kier molecular flexibility index (Phi) is 21.7. The standard InChI is InChI=1S/C14H28O8P2.2Na.2H/c15-13(23(17,18)19)11-9-7-5-3-1-2-4-6-8-10-12-14(16)24(20,21)22;;;;/h1-12H2,(H2,17,18,19)(H2,20,21,22);;;;/q;2*+1;2*-1. The third-order valence-corrected chi connectivity index (χ3v) is 5.43. The van der Waals surface area contributed by atoms with E-state index in [2.05, 4.69) is 0 Å². The van der Waals surface area contributed by atoms with Gasteiger partial charge in [-0.2, -0.15) is 0 Å². The van der Waals surface area contributed by atoms with Gasteiger partial charge in [-0.25, -0.2) is 0 Å². The Morgan fingerprint density at radius 3 is 0.923 bits per heavy atom. The van der Waals surface area contributed by atoms with E-state index in [4.69, 9.17) is 19.6 Å². The molecule has 146 valence electrons. The Bertz CT molecular complexity index is 456. The Hall–Kier alpha value is 1.64. The number of unbranched alkanes of at least 4 members (excludes halogenated alkanes) is 9. The van der Waals surface area contributed by atoms with E-state index < -0.39 is 26.2 Å². The van der Waals surface area contributed by atoms with Crippen molar-refractivity contribution in [3.05, 3.63) is 0 Å². The molecule has 0 fully saturated rings. The van der Waals surface area contributed by atoms with Gasteiger partial charge in [-0.05, 0) is 12.8 Å². The van der Waals surface area contributed by atoms with Crippen molar-refractivity contribution >= 4 is 26.2 Å². The zero-order chi connectivity index (χ0) is 18.6. The van der Waals surface area contributed by atoms with E-state index in [0.29, 0.717) is 12.8 Å². The minimum absolute atomic E-state index is 0. The van der Waals surface area contributed by atoms with Crippen LogP contribution in [0.2, 0.25) is 0 Å². The number of hydrogen-bond acceptors (Lipinski definition) is 4. The van der Waals surface area contributed by atoms with Crippen molar-refractivity contribution in [2.75, 3.05) is 0 Å². The molecule has 0 atom stereocenters. The van der Waals surface area contributed by atoms with E-state index in [1.807, 2.05) is 0 Å². The Morgan fingerprint density at radius 2 is 0.731 bits per heavy atom. The second kappa shape index (κ2) is 17.5. The largest absolute Gasteiger partial charge is 1.00 e. The summed E-state index contributed by atoms with van der Waals surface area (Å²) in [5, 5.41) is 0. The van der Waals surface area contributed by atoms with E-state index >= 15 is 0 Å². The topological polar surface area (TPSA) is 149 Å². The van der Waals surface area contributed by atoms with Crippen LogP contribution < -0.4 is 59.1 Å². The van der Waals surface area contributed by atoms with Gasteiger partial charge in [0.15, 0.2) is 0 Å². The van der Waals surface area contributed by atoms with Crippen LogP contribution in [-0.2, 0) is 18.7 Å². The van der Waals surface area contributed by atoms with Crippen LogP contribution >= 0.6 is 15.2 Å². The van der Waals surface area contributed by atoms with Crippen molar-refractivity contribution < 1.29 is 100 Å². The van der Waals surface area contributed by atoms with Crippen molar-refractivity contribution in [2.45, 2.75) is 77.0 Å². The first-order valence-electron chi connectivity index (χ1n) is 8.23. The smallest absolute Gasteiger partial charge is 1.00 e. The average molecular weight is 434 g/mol. The molecule has 0 bridgehead atoms. The van der Waals surface area contributed by atoms with Crippen LogP contribution in [0.5, 0.6) is 0 Å². The molecule has 0 saturated heterocycles. The van der Waals surface area contributed by atoms with Crippen LogP contribution in [0.1, 0.15) is 79.9 Å². The Morgan fingerprint density at radius 1 is 0.538 bits per heavy atom. The molecule has 0 spiro atoms. The van der Waals surface area contributed by atoms with Crippen molar-refractivity contribution in [3.63, 3.8) is 0 Å². The maximum Gasteiger partial charge on any atom is 1.00 e. The Labute approximate surface area is 202 Å². The summed E-state index contributed by atoms with van der Waals surface area (Å²) < 4.78 is 21.2. The summed E-state index contributed by atoms with van der Waals surface area (Å²) in [4.78, 5) is 56.5. The molecule has 0 rings (SSSR count). The van der Waals surface area contributed by atoms with E-state index in [0.717, 1.165) is 51.4 Å². The summed E-state index contributed by atoms with van der Waals surface area (Å²) in [5.74, 6) is 0. The quantitative estimate of drug-likeness (QED) is 0.124. The first-order chi connectivity index (χ1) is 11.0. The number of carbonyl (C=O) groups is 2. The SMILES string of the molecule is O=C(CCCCCCCCCCCCC(=O)P(=O)(O)O)P(=O)(O)O.[H-].[H-].[Na+].[Na+]. The van der Waals surface area contributed by atoms with Gasteiger partial charge in [-0.3, -0.25) is 18.7 Å². The second-order valence-electron chi connectivity index (χ2n) is 5.91. The van der Waals surface area contributed by atoms with Gasteiger partial charge in [0.2, 0.25) is 11.0 Å². The van der Waals surface area contributed by atoms with Crippen LogP contribution in [0, 0.1) is 0 Å². The fraction of sp³-hybridized carbons (Fsp3) is 0.857. The van der Waals surface area contributed by atoms with Gasteiger partial charge in [0.1, 0.15) is 0 Å². The normalized spacial score (nSPS) is 11.4. The summed E-state index contributed by atoms with van der Waals surface area (Å²) in [7, 11) is -9.11. The summed E-state index contributed by atoms with van der Waals surface area (Å²) in [5.41, 5.74) is -1.97. The van der Waals surface area contributed by atoms with Crippen LogP contribution in [-0.4, -0.2) is 30.6 Å². The molecule has 12 heteroatoms. The van der Waals surface area contributed by atoms with E-state index in [1.165, 1.54) is 0 Å². The van der Waals surface area contributed by atoms with Crippen molar-refractivity contribution in [2.24, 2.45) is 0 Å². The molecule has 0 aliphatic carbocycles. The van der Waals surface area contributed by atoms with Gasteiger partial charge in [0.25, 0.3) is 0 Å². The third-order valence-electron chi connectivity index (χ3n) is 3.68. The maximum absolute atomic E-state index is 11.0. The molecule has 0 aromatic carbocycles. The average Bonchev–Trinajstić information content (AvgIpc) is 2.45. The predicted molar refractivity (Wildman–Crippen MR) is 91.7 cm³/mol. The van der Waals surface area contributed by atoms with E-state index in [9.17, 15) is 18.7 Å². The summed E-state index contributed by atoms with van der Waals surface area (Å²) in [6, 6.07) is 0. The molecule has 4 N–H and O–H groups in total. The van der Waals surface area contributed by atoms with E-state index in [1.54, 1.807) is 0 Å². The van der Waals surface area contributed by atoms with Gasteiger partial charge in [0.05, 0.1) is 0 Å².